The van der Waals surface area contributed by atoms with Crippen LogP contribution in [0.2, 0.25) is 0 Å². The third-order valence-electron chi connectivity index (χ3n) is 4.24. The van der Waals surface area contributed by atoms with Crippen molar-refractivity contribution in [3.05, 3.63) is 0 Å². The fourth-order valence-electron chi connectivity index (χ4n) is 3.44. The van der Waals surface area contributed by atoms with Crippen molar-refractivity contribution in [3.8, 4) is 0 Å². The molecule has 3 heteroatoms. The van der Waals surface area contributed by atoms with Crippen LogP contribution in [0.5, 0.6) is 0 Å². The summed E-state index contributed by atoms with van der Waals surface area (Å²) in [5.74, 6) is 0. The maximum atomic E-state index is 3.60. The molecule has 1 N–H and O–H groups in total. The summed E-state index contributed by atoms with van der Waals surface area (Å²) >= 11 is 0. The summed E-state index contributed by atoms with van der Waals surface area (Å²) in [6, 6.07) is 1.59. The van der Waals surface area contributed by atoms with E-state index in [0.717, 1.165) is 12.1 Å². The number of hydrogen-bond donors (Lipinski definition) is 1. The molecule has 3 nitrogen and oxygen atoms in total. The van der Waals surface area contributed by atoms with E-state index in [1.165, 1.54) is 64.7 Å². The number of nitrogens with one attached hydrogen (secondary N) is 1. The van der Waals surface area contributed by atoms with Crippen LogP contribution < -0.4 is 5.32 Å². The van der Waals surface area contributed by atoms with Gasteiger partial charge in [0.15, 0.2) is 0 Å². The molecule has 17 heavy (non-hydrogen) atoms. The lowest BCUT2D eigenvalue weighted by molar-refractivity contribution is 0.0953. The summed E-state index contributed by atoms with van der Waals surface area (Å²) in [6.07, 6.45) is 8.54. The van der Waals surface area contributed by atoms with Gasteiger partial charge in [0.25, 0.3) is 0 Å². The van der Waals surface area contributed by atoms with Crippen LogP contribution in [0.15, 0.2) is 0 Å². The highest BCUT2D eigenvalue weighted by molar-refractivity contribution is 4.86. The van der Waals surface area contributed by atoms with Gasteiger partial charge in [-0.25, -0.2) is 0 Å². The smallest absolute Gasteiger partial charge is 0.0350 e. The van der Waals surface area contributed by atoms with Crippen LogP contribution in [0.1, 0.15) is 38.5 Å². The minimum absolute atomic E-state index is 0.718. The van der Waals surface area contributed by atoms with Gasteiger partial charge in [0.2, 0.25) is 0 Å². The Morgan fingerprint density at radius 3 is 2.59 bits per heavy atom. The number of likely N-dealkylation sites (N-methyl/N-ethyl adjacent to an activating group) is 1. The lowest BCUT2D eigenvalue weighted by Gasteiger charge is -2.39. The second-order valence-electron chi connectivity index (χ2n) is 6.00. The highest BCUT2D eigenvalue weighted by atomic mass is 15.2. The van der Waals surface area contributed by atoms with Crippen molar-refractivity contribution < 1.29 is 0 Å². The standard InChI is InChI=1S/C14H29N3/c1-16(2)12-14-11-15-9-6-10-17(14)13-7-4-3-5-8-13/h13-15H,3-12H2,1-2H3. The van der Waals surface area contributed by atoms with Gasteiger partial charge in [0, 0.05) is 31.7 Å². The van der Waals surface area contributed by atoms with Gasteiger partial charge in [-0.1, -0.05) is 19.3 Å². The van der Waals surface area contributed by atoms with Crippen molar-refractivity contribution in [2.45, 2.75) is 50.6 Å². The first-order chi connectivity index (χ1) is 8.27. The molecule has 0 aromatic carbocycles. The van der Waals surface area contributed by atoms with Gasteiger partial charge in [0.05, 0.1) is 0 Å². The molecule has 2 fully saturated rings. The minimum atomic E-state index is 0.718. The summed E-state index contributed by atoms with van der Waals surface area (Å²) in [4.78, 5) is 5.16. The molecule has 0 radical (unpaired) electrons. The molecular weight excluding hydrogens is 210 g/mol. The molecule has 1 atom stereocenters. The summed E-state index contributed by atoms with van der Waals surface area (Å²) in [7, 11) is 4.40. The number of nitrogens with zero attached hydrogens (tertiary/aromatic N) is 2. The molecule has 1 aliphatic carbocycles. The van der Waals surface area contributed by atoms with E-state index in [2.05, 4.69) is 29.2 Å². The molecule has 1 aliphatic heterocycles. The first-order valence-electron chi connectivity index (χ1n) is 7.38. The lowest BCUT2D eigenvalue weighted by Crippen LogP contribution is -2.51. The Hall–Kier alpha value is -0.120. The molecule has 1 saturated heterocycles. The fourth-order valence-corrected chi connectivity index (χ4v) is 3.44. The van der Waals surface area contributed by atoms with E-state index in [9.17, 15) is 0 Å². The molecule has 0 bridgehead atoms. The first-order valence-corrected chi connectivity index (χ1v) is 7.38. The third kappa shape index (κ3) is 3.94. The molecule has 0 amide bonds. The Kier molecular flexibility index (Phi) is 5.26. The maximum absolute atomic E-state index is 3.60. The maximum Gasteiger partial charge on any atom is 0.0350 e. The van der Waals surface area contributed by atoms with Crippen molar-refractivity contribution in [2.24, 2.45) is 0 Å². The van der Waals surface area contributed by atoms with Crippen LogP contribution >= 0.6 is 0 Å². The Morgan fingerprint density at radius 1 is 1.12 bits per heavy atom. The second-order valence-corrected chi connectivity index (χ2v) is 6.00. The first kappa shape index (κ1) is 13.3. The van der Waals surface area contributed by atoms with Crippen molar-refractivity contribution >= 4 is 0 Å². The predicted octanol–water partition coefficient (Wildman–Crippen LogP) is 1.54. The van der Waals surface area contributed by atoms with E-state index in [1.807, 2.05) is 0 Å². The van der Waals surface area contributed by atoms with Crippen LogP contribution in [0, 0.1) is 0 Å². The molecule has 100 valence electrons. The van der Waals surface area contributed by atoms with Crippen molar-refractivity contribution in [3.63, 3.8) is 0 Å². The van der Waals surface area contributed by atoms with Crippen molar-refractivity contribution in [1.82, 2.24) is 15.1 Å². The normalized spacial score (nSPS) is 29.5. The predicted molar refractivity (Wildman–Crippen MR) is 73.4 cm³/mol. The summed E-state index contributed by atoms with van der Waals surface area (Å²) in [5, 5.41) is 3.60. The van der Waals surface area contributed by atoms with Crippen LogP contribution in [-0.4, -0.2) is 62.2 Å². The van der Waals surface area contributed by atoms with Crippen LogP contribution in [-0.2, 0) is 0 Å². The van der Waals surface area contributed by atoms with E-state index in [0.29, 0.717) is 0 Å². The van der Waals surface area contributed by atoms with Crippen LogP contribution in [0.25, 0.3) is 0 Å². The van der Waals surface area contributed by atoms with Gasteiger partial charge in [-0.2, -0.15) is 0 Å². The molecule has 0 aromatic heterocycles. The van der Waals surface area contributed by atoms with E-state index < -0.39 is 0 Å². The molecule has 0 aromatic rings. The summed E-state index contributed by atoms with van der Waals surface area (Å²) < 4.78 is 0. The molecule has 1 heterocycles. The van der Waals surface area contributed by atoms with E-state index in [4.69, 9.17) is 0 Å². The van der Waals surface area contributed by atoms with Crippen LogP contribution in [0.4, 0.5) is 0 Å². The van der Waals surface area contributed by atoms with Gasteiger partial charge in [-0.15, -0.1) is 0 Å². The Labute approximate surface area is 107 Å². The van der Waals surface area contributed by atoms with E-state index in [-0.39, 0.29) is 0 Å². The number of rotatable bonds is 3. The highest BCUT2D eigenvalue weighted by Gasteiger charge is 2.28. The zero-order chi connectivity index (χ0) is 12.1. The molecule has 1 saturated carbocycles. The third-order valence-corrected chi connectivity index (χ3v) is 4.24. The molecule has 2 aliphatic rings. The molecular formula is C14H29N3. The van der Waals surface area contributed by atoms with Gasteiger partial charge >= 0.3 is 0 Å². The lowest BCUT2D eigenvalue weighted by atomic mass is 9.93. The van der Waals surface area contributed by atoms with E-state index >= 15 is 0 Å². The van der Waals surface area contributed by atoms with E-state index in [1.54, 1.807) is 0 Å². The fraction of sp³-hybridized carbons (Fsp3) is 1.00. The minimum Gasteiger partial charge on any atom is -0.315 e. The van der Waals surface area contributed by atoms with Gasteiger partial charge in [-0.05, 0) is 39.9 Å². The average Bonchev–Trinajstić information content (AvgIpc) is 2.55. The summed E-state index contributed by atoms with van der Waals surface area (Å²) in [6.45, 7) is 4.88. The van der Waals surface area contributed by atoms with Crippen molar-refractivity contribution in [1.29, 1.82) is 0 Å². The molecule has 1 unspecified atom stereocenters. The van der Waals surface area contributed by atoms with Gasteiger partial charge < -0.3 is 10.2 Å². The Bertz CT molecular complexity index is 212. The Balaban J connectivity index is 1.97. The average molecular weight is 239 g/mol. The molecule has 2 rings (SSSR count). The highest BCUT2D eigenvalue weighted by Crippen LogP contribution is 2.25. The van der Waals surface area contributed by atoms with Gasteiger partial charge in [0.1, 0.15) is 0 Å². The Morgan fingerprint density at radius 2 is 1.88 bits per heavy atom. The summed E-state index contributed by atoms with van der Waals surface area (Å²) in [5.41, 5.74) is 0. The second kappa shape index (κ2) is 6.72. The van der Waals surface area contributed by atoms with Crippen LogP contribution in [0.3, 0.4) is 0 Å². The van der Waals surface area contributed by atoms with Crippen molar-refractivity contribution in [2.75, 3.05) is 40.3 Å². The monoisotopic (exact) mass is 239 g/mol. The topological polar surface area (TPSA) is 18.5 Å². The molecule has 0 spiro atoms. The zero-order valence-electron chi connectivity index (χ0n) is 11.6. The largest absolute Gasteiger partial charge is 0.315 e. The quantitative estimate of drug-likeness (QED) is 0.806. The number of hydrogen-bond acceptors (Lipinski definition) is 3. The van der Waals surface area contributed by atoms with Gasteiger partial charge in [-0.3, -0.25) is 4.90 Å². The SMILES string of the molecule is CN(C)CC1CNCCCN1C1CCCCC1. The zero-order valence-corrected chi connectivity index (χ0v) is 11.6.